The molecule has 2 unspecified atom stereocenters. The van der Waals surface area contributed by atoms with Crippen molar-refractivity contribution in [3.05, 3.63) is 0 Å². The van der Waals surface area contributed by atoms with E-state index in [-0.39, 0.29) is 18.2 Å². The lowest BCUT2D eigenvalue weighted by molar-refractivity contribution is -0.137. The molecule has 21 heavy (non-hydrogen) atoms. The topological polar surface area (TPSA) is 122 Å². The Morgan fingerprint density at radius 2 is 2.00 bits per heavy atom. The molecule has 2 atom stereocenters. The number of nitrogens with two attached hydrogens (primary N) is 1. The van der Waals surface area contributed by atoms with Gasteiger partial charge in [0.2, 0.25) is 23.6 Å². The maximum Gasteiger partial charge on any atom is 0.245 e. The third kappa shape index (κ3) is 3.93. The minimum Gasteiger partial charge on any atom is -0.370 e. The lowest BCUT2D eigenvalue weighted by atomic mass is 10.1. The third-order valence-electron chi connectivity index (χ3n) is 3.75. The van der Waals surface area contributed by atoms with E-state index in [1.165, 1.54) is 0 Å². The van der Waals surface area contributed by atoms with Crippen LogP contribution in [0.25, 0.3) is 0 Å². The van der Waals surface area contributed by atoms with Crippen LogP contribution < -0.4 is 16.4 Å². The van der Waals surface area contributed by atoms with Crippen molar-refractivity contribution in [2.24, 2.45) is 5.73 Å². The van der Waals surface area contributed by atoms with Crippen molar-refractivity contribution >= 4 is 23.6 Å². The van der Waals surface area contributed by atoms with E-state index >= 15 is 0 Å². The van der Waals surface area contributed by atoms with Crippen molar-refractivity contribution in [2.45, 2.75) is 44.2 Å². The zero-order valence-corrected chi connectivity index (χ0v) is 11.8. The van der Waals surface area contributed by atoms with Crippen LogP contribution in [0, 0.1) is 0 Å². The molecule has 0 aromatic rings. The van der Waals surface area contributed by atoms with Gasteiger partial charge < -0.3 is 21.3 Å². The second kappa shape index (κ2) is 6.55. The van der Waals surface area contributed by atoms with Crippen molar-refractivity contribution < 1.29 is 19.2 Å². The van der Waals surface area contributed by atoms with Gasteiger partial charge in [0.25, 0.3) is 0 Å². The largest absolute Gasteiger partial charge is 0.370 e. The first-order chi connectivity index (χ1) is 9.97. The predicted octanol–water partition coefficient (Wildman–Crippen LogP) is -1.75. The number of nitrogens with one attached hydrogen (secondary N) is 2. The number of hydrogen-bond acceptors (Lipinski definition) is 4. The van der Waals surface area contributed by atoms with Crippen molar-refractivity contribution in [2.75, 3.05) is 13.1 Å². The van der Waals surface area contributed by atoms with Gasteiger partial charge in [-0.2, -0.15) is 0 Å². The van der Waals surface area contributed by atoms with Gasteiger partial charge >= 0.3 is 0 Å². The molecule has 0 saturated carbocycles. The average molecular weight is 296 g/mol. The van der Waals surface area contributed by atoms with E-state index in [4.69, 9.17) is 5.73 Å². The van der Waals surface area contributed by atoms with Crippen LogP contribution in [0.3, 0.4) is 0 Å². The van der Waals surface area contributed by atoms with E-state index in [0.717, 1.165) is 12.8 Å². The fourth-order valence-electron chi connectivity index (χ4n) is 2.64. The van der Waals surface area contributed by atoms with Crippen LogP contribution in [-0.4, -0.2) is 53.7 Å². The lowest BCUT2D eigenvalue weighted by Gasteiger charge is -2.24. The Labute approximate surface area is 122 Å². The number of rotatable bonds is 5. The minimum atomic E-state index is -0.953. The number of amides is 4. The molecular formula is C13H20N4O4. The second-order valence-corrected chi connectivity index (χ2v) is 5.42. The smallest absolute Gasteiger partial charge is 0.245 e. The zero-order chi connectivity index (χ0) is 15.4. The summed E-state index contributed by atoms with van der Waals surface area (Å²) >= 11 is 0. The van der Waals surface area contributed by atoms with Crippen LogP contribution in [0.2, 0.25) is 0 Å². The standard InChI is InChI=1S/C13H20N4O4/c14-10(18)7-9(13(21)17-5-1-2-6-17)16-12(20)8-3-4-11(19)15-8/h8-9H,1-7H2,(H2,14,18)(H,15,19)(H,16,20). The fourth-order valence-corrected chi connectivity index (χ4v) is 2.64. The summed E-state index contributed by atoms with van der Waals surface area (Å²) in [6.45, 7) is 1.26. The van der Waals surface area contributed by atoms with Crippen molar-refractivity contribution in [3.63, 3.8) is 0 Å². The molecule has 0 aromatic heterocycles. The maximum atomic E-state index is 12.3. The first-order valence-electron chi connectivity index (χ1n) is 7.14. The molecule has 4 amide bonds. The van der Waals surface area contributed by atoms with Crippen LogP contribution in [0.5, 0.6) is 0 Å². The van der Waals surface area contributed by atoms with Crippen molar-refractivity contribution in [1.29, 1.82) is 0 Å². The minimum absolute atomic E-state index is 0.188. The summed E-state index contributed by atoms with van der Waals surface area (Å²) in [5.74, 6) is -1.57. The third-order valence-corrected chi connectivity index (χ3v) is 3.75. The van der Waals surface area contributed by atoms with Gasteiger partial charge in [0.15, 0.2) is 0 Å². The molecule has 2 rings (SSSR count). The van der Waals surface area contributed by atoms with E-state index in [2.05, 4.69) is 10.6 Å². The summed E-state index contributed by atoms with van der Waals surface area (Å²) in [5, 5.41) is 5.07. The van der Waals surface area contributed by atoms with Gasteiger partial charge in [-0.1, -0.05) is 0 Å². The summed E-state index contributed by atoms with van der Waals surface area (Å²) in [7, 11) is 0. The average Bonchev–Trinajstić information content (AvgIpc) is 3.07. The molecule has 0 aliphatic carbocycles. The van der Waals surface area contributed by atoms with Crippen LogP contribution in [0.1, 0.15) is 32.1 Å². The van der Waals surface area contributed by atoms with Crippen molar-refractivity contribution in [3.8, 4) is 0 Å². The first kappa shape index (κ1) is 15.3. The van der Waals surface area contributed by atoms with E-state index < -0.39 is 23.9 Å². The Morgan fingerprint density at radius 1 is 1.33 bits per heavy atom. The molecule has 0 spiro atoms. The van der Waals surface area contributed by atoms with Crippen LogP contribution in [-0.2, 0) is 19.2 Å². The zero-order valence-electron chi connectivity index (χ0n) is 11.8. The van der Waals surface area contributed by atoms with Gasteiger partial charge in [-0.3, -0.25) is 19.2 Å². The second-order valence-electron chi connectivity index (χ2n) is 5.42. The number of primary amides is 1. The molecule has 2 saturated heterocycles. The summed E-state index contributed by atoms with van der Waals surface area (Å²) in [4.78, 5) is 48.2. The number of likely N-dealkylation sites (tertiary alicyclic amines) is 1. The van der Waals surface area contributed by atoms with Crippen LogP contribution >= 0.6 is 0 Å². The molecule has 8 heteroatoms. The van der Waals surface area contributed by atoms with Crippen LogP contribution in [0.4, 0.5) is 0 Å². The molecule has 0 radical (unpaired) electrons. The molecule has 2 aliphatic rings. The van der Waals surface area contributed by atoms with E-state index in [1.54, 1.807) is 4.90 Å². The SMILES string of the molecule is NC(=O)CC(NC(=O)C1CCC(=O)N1)C(=O)N1CCCC1. The molecule has 2 heterocycles. The van der Waals surface area contributed by atoms with Gasteiger partial charge in [0.1, 0.15) is 12.1 Å². The Hall–Kier alpha value is -2.12. The molecule has 8 nitrogen and oxygen atoms in total. The Bertz CT molecular complexity index is 459. The predicted molar refractivity (Wildman–Crippen MR) is 72.7 cm³/mol. The van der Waals surface area contributed by atoms with Gasteiger partial charge in [-0.25, -0.2) is 0 Å². The van der Waals surface area contributed by atoms with Crippen LogP contribution in [0.15, 0.2) is 0 Å². The summed E-state index contributed by atoms with van der Waals surface area (Å²) in [6, 6.07) is -1.59. The van der Waals surface area contributed by atoms with Gasteiger partial charge in [0.05, 0.1) is 6.42 Å². The van der Waals surface area contributed by atoms with Gasteiger partial charge in [0, 0.05) is 19.5 Å². The molecule has 2 aliphatic heterocycles. The number of carbonyl (C=O) groups is 4. The highest BCUT2D eigenvalue weighted by Gasteiger charge is 2.33. The van der Waals surface area contributed by atoms with Gasteiger partial charge in [-0.05, 0) is 19.3 Å². The Kier molecular flexibility index (Phi) is 4.77. The normalized spacial score (nSPS) is 22.8. The number of carbonyl (C=O) groups excluding carboxylic acids is 4. The highest BCUT2D eigenvalue weighted by atomic mass is 16.2. The van der Waals surface area contributed by atoms with Crippen molar-refractivity contribution in [1.82, 2.24) is 15.5 Å². The molecule has 116 valence electrons. The monoisotopic (exact) mass is 296 g/mol. The van der Waals surface area contributed by atoms with E-state index in [1.807, 2.05) is 0 Å². The maximum absolute atomic E-state index is 12.3. The highest BCUT2D eigenvalue weighted by Crippen LogP contribution is 2.12. The molecule has 0 bridgehead atoms. The lowest BCUT2D eigenvalue weighted by Crippen LogP contribution is -2.53. The number of nitrogens with zero attached hydrogens (tertiary/aromatic N) is 1. The quantitative estimate of drug-likeness (QED) is 0.556. The molecular weight excluding hydrogens is 276 g/mol. The van der Waals surface area contributed by atoms with E-state index in [9.17, 15) is 19.2 Å². The molecule has 4 N–H and O–H groups in total. The summed E-state index contributed by atoms with van der Waals surface area (Å²) in [5.41, 5.74) is 5.15. The molecule has 2 fully saturated rings. The summed E-state index contributed by atoms with van der Waals surface area (Å²) in [6.07, 6.45) is 2.29. The Morgan fingerprint density at radius 3 is 2.52 bits per heavy atom. The number of hydrogen-bond donors (Lipinski definition) is 3. The van der Waals surface area contributed by atoms with E-state index in [0.29, 0.717) is 25.9 Å². The van der Waals surface area contributed by atoms with Gasteiger partial charge in [-0.15, -0.1) is 0 Å². The Balaban J connectivity index is 1.98. The first-order valence-corrected chi connectivity index (χ1v) is 7.14. The summed E-state index contributed by atoms with van der Waals surface area (Å²) < 4.78 is 0. The molecule has 0 aromatic carbocycles. The highest BCUT2D eigenvalue weighted by molar-refractivity contribution is 5.95. The fraction of sp³-hybridized carbons (Fsp3) is 0.692.